The molecule has 0 aliphatic carbocycles. The number of nitrogens with zero attached hydrogens (tertiary/aromatic N) is 2. The molecule has 1 fully saturated rings. The lowest BCUT2D eigenvalue weighted by atomic mass is 10.2. The average molecular weight is 272 g/mol. The number of hydrogen-bond donors (Lipinski definition) is 1. The van der Waals surface area contributed by atoms with Crippen LogP contribution in [0.1, 0.15) is 23.3 Å². The Bertz CT molecular complexity index is 487. The van der Waals surface area contributed by atoms with Gasteiger partial charge in [0.15, 0.2) is 0 Å². The van der Waals surface area contributed by atoms with Crippen LogP contribution in [0.25, 0.3) is 0 Å². The van der Waals surface area contributed by atoms with Crippen molar-refractivity contribution in [3.05, 3.63) is 24.0 Å². The van der Waals surface area contributed by atoms with Gasteiger partial charge in [0.1, 0.15) is 11.7 Å². The number of likely N-dealkylation sites (tertiary alicyclic amines) is 1. The van der Waals surface area contributed by atoms with Crippen LogP contribution in [0.3, 0.4) is 0 Å². The summed E-state index contributed by atoms with van der Waals surface area (Å²) >= 11 is 0. The van der Waals surface area contributed by atoms with Crippen LogP contribution < -0.4 is 0 Å². The molecule has 0 spiro atoms. The fourth-order valence-electron chi connectivity index (χ4n) is 2.33. The number of hydrogen-bond acceptors (Lipinski definition) is 2. The van der Waals surface area contributed by atoms with Crippen LogP contribution in [0.15, 0.2) is 18.3 Å². The third-order valence-corrected chi connectivity index (χ3v) is 3.18. The Labute approximate surface area is 108 Å². The summed E-state index contributed by atoms with van der Waals surface area (Å²) in [5, 5.41) is 9.02. The summed E-state index contributed by atoms with van der Waals surface area (Å²) in [5.41, 5.74) is 0.105. The van der Waals surface area contributed by atoms with Gasteiger partial charge >= 0.3 is 5.97 Å². The van der Waals surface area contributed by atoms with E-state index in [9.17, 15) is 18.4 Å². The molecule has 5 nitrogen and oxygen atoms in total. The second-order valence-electron chi connectivity index (χ2n) is 4.43. The molecule has 2 heterocycles. The van der Waals surface area contributed by atoms with Crippen LogP contribution in [-0.2, 0) is 11.3 Å². The highest BCUT2D eigenvalue weighted by Gasteiger charge is 2.35. The number of amides is 1. The monoisotopic (exact) mass is 272 g/mol. The van der Waals surface area contributed by atoms with E-state index in [4.69, 9.17) is 5.11 Å². The van der Waals surface area contributed by atoms with Crippen LogP contribution in [0.2, 0.25) is 0 Å². The highest BCUT2D eigenvalue weighted by atomic mass is 19.3. The van der Waals surface area contributed by atoms with Crippen molar-refractivity contribution in [2.45, 2.75) is 31.9 Å². The summed E-state index contributed by atoms with van der Waals surface area (Å²) in [7, 11) is 0. The van der Waals surface area contributed by atoms with Gasteiger partial charge in [-0.15, -0.1) is 0 Å². The van der Waals surface area contributed by atoms with Crippen LogP contribution in [-0.4, -0.2) is 45.5 Å². The summed E-state index contributed by atoms with van der Waals surface area (Å²) in [6, 6.07) is 2.08. The predicted molar refractivity (Wildman–Crippen MR) is 62.1 cm³/mol. The Hall–Kier alpha value is -1.92. The first-order chi connectivity index (χ1) is 9.00. The number of carboxylic acids is 1. The maximum Gasteiger partial charge on any atom is 0.326 e. The fourth-order valence-corrected chi connectivity index (χ4v) is 2.33. The van der Waals surface area contributed by atoms with Gasteiger partial charge in [-0.25, -0.2) is 13.6 Å². The summed E-state index contributed by atoms with van der Waals surface area (Å²) in [6.07, 6.45) is -0.159. The summed E-state index contributed by atoms with van der Waals surface area (Å²) in [4.78, 5) is 24.5. The fraction of sp³-hybridized carbons (Fsp3) is 0.500. The number of halogens is 2. The van der Waals surface area contributed by atoms with Crippen molar-refractivity contribution in [1.29, 1.82) is 0 Å². The third-order valence-electron chi connectivity index (χ3n) is 3.18. The van der Waals surface area contributed by atoms with Gasteiger partial charge in [0.25, 0.3) is 12.3 Å². The zero-order chi connectivity index (χ0) is 14.0. The van der Waals surface area contributed by atoms with Crippen molar-refractivity contribution < 1.29 is 23.5 Å². The van der Waals surface area contributed by atoms with Gasteiger partial charge in [-0.3, -0.25) is 4.79 Å². The van der Waals surface area contributed by atoms with Crippen molar-refractivity contribution in [3.8, 4) is 0 Å². The lowest BCUT2D eigenvalue weighted by Gasteiger charge is -2.22. The Morgan fingerprint density at radius 2 is 2.21 bits per heavy atom. The van der Waals surface area contributed by atoms with E-state index in [0.717, 1.165) is 4.57 Å². The van der Waals surface area contributed by atoms with E-state index in [1.165, 1.54) is 23.2 Å². The van der Waals surface area contributed by atoms with Gasteiger partial charge in [-0.1, -0.05) is 0 Å². The second-order valence-corrected chi connectivity index (χ2v) is 4.43. The van der Waals surface area contributed by atoms with E-state index in [2.05, 4.69) is 0 Å². The van der Waals surface area contributed by atoms with Gasteiger partial charge in [-0.05, 0) is 25.0 Å². The van der Waals surface area contributed by atoms with Crippen LogP contribution in [0, 0.1) is 0 Å². The molecular formula is C12H14F2N2O3. The van der Waals surface area contributed by atoms with Gasteiger partial charge < -0.3 is 14.6 Å². The molecule has 1 aliphatic rings. The molecule has 0 saturated carbocycles. The van der Waals surface area contributed by atoms with Crippen LogP contribution >= 0.6 is 0 Å². The van der Waals surface area contributed by atoms with Crippen molar-refractivity contribution in [2.75, 3.05) is 6.54 Å². The molecule has 1 N–H and O–H groups in total. The first-order valence-electron chi connectivity index (χ1n) is 5.97. The zero-order valence-corrected chi connectivity index (χ0v) is 10.1. The first kappa shape index (κ1) is 13.5. The molecule has 1 saturated heterocycles. The number of aromatic nitrogens is 1. The summed E-state index contributed by atoms with van der Waals surface area (Å²) in [6.45, 7) is -0.227. The molecule has 1 atom stereocenters. The van der Waals surface area contributed by atoms with Gasteiger partial charge in [-0.2, -0.15) is 0 Å². The van der Waals surface area contributed by atoms with Gasteiger partial charge in [0.05, 0.1) is 6.54 Å². The molecule has 1 aromatic rings. The Morgan fingerprint density at radius 1 is 1.47 bits per heavy atom. The lowest BCUT2D eigenvalue weighted by Crippen LogP contribution is -2.41. The highest BCUT2D eigenvalue weighted by Crippen LogP contribution is 2.21. The minimum Gasteiger partial charge on any atom is -0.480 e. The number of rotatable bonds is 4. The number of carbonyl (C=O) groups is 2. The Kier molecular flexibility index (Phi) is 3.82. The van der Waals surface area contributed by atoms with Crippen molar-refractivity contribution >= 4 is 11.9 Å². The number of carboxylic acid groups (broad SMARTS) is 1. The molecule has 7 heteroatoms. The minimum atomic E-state index is -2.56. The molecule has 0 unspecified atom stereocenters. The third kappa shape index (κ3) is 2.74. The highest BCUT2D eigenvalue weighted by molar-refractivity contribution is 5.95. The predicted octanol–water partition coefficient (Wildman–Crippen LogP) is 1.44. The molecule has 19 heavy (non-hydrogen) atoms. The van der Waals surface area contributed by atoms with Gasteiger partial charge in [0, 0.05) is 12.7 Å². The Balaban J connectivity index is 2.20. The zero-order valence-electron chi connectivity index (χ0n) is 10.1. The molecule has 0 radical (unpaired) electrons. The van der Waals surface area contributed by atoms with E-state index >= 15 is 0 Å². The molecule has 1 aromatic heterocycles. The maximum absolute atomic E-state index is 12.4. The van der Waals surface area contributed by atoms with E-state index in [-0.39, 0.29) is 5.69 Å². The summed E-state index contributed by atoms with van der Waals surface area (Å²) < 4.78 is 25.9. The summed E-state index contributed by atoms with van der Waals surface area (Å²) in [5.74, 6) is -1.56. The normalized spacial score (nSPS) is 19.1. The van der Waals surface area contributed by atoms with E-state index in [1.807, 2.05) is 0 Å². The largest absolute Gasteiger partial charge is 0.480 e. The van der Waals surface area contributed by atoms with Crippen molar-refractivity contribution in [3.63, 3.8) is 0 Å². The Morgan fingerprint density at radius 3 is 2.84 bits per heavy atom. The number of alkyl halides is 2. The van der Waals surface area contributed by atoms with E-state index < -0.39 is 30.9 Å². The topological polar surface area (TPSA) is 62.5 Å². The van der Waals surface area contributed by atoms with E-state index in [1.54, 1.807) is 0 Å². The van der Waals surface area contributed by atoms with Crippen molar-refractivity contribution in [2.24, 2.45) is 0 Å². The maximum atomic E-state index is 12.4. The molecule has 1 amide bonds. The second kappa shape index (κ2) is 5.38. The molecule has 1 aliphatic heterocycles. The SMILES string of the molecule is O=C(O)[C@H]1CCCN1C(=O)c1cccn1CC(F)F. The van der Waals surface area contributed by atoms with Gasteiger partial charge in [0.2, 0.25) is 0 Å². The molecular weight excluding hydrogens is 258 g/mol. The van der Waals surface area contributed by atoms with Crippen LogP contribution in [0.5, 0.6) is 0 Å². The standard InChI is InChI=1S/C12H14F2N2O3/c13-10(14)7-15-5-1-3-8(15)11(17)16-6-2-4-9(16)12(18)19/h1,3,5,9-10H,2,4,6-7H2,(H,18,19)/t9-/m1/s1. The smallest absolute Gasteiger partial charge is 0.326 e. The average Bonchev–Trinajstić information content (AvgIpc) is 2.94. The first-order valence-corrected chi connectivity index (χ1v) is 5.97. The molecule has 2 rings (SSSR count). The van der Waals surface area contributed by atoms with E-state index in [0.29, 0.717) is 19.4 Å². The quantitative estimate of drug-likeness (QED) is 0.902. The lowest BCUT2D eigenvalue weighted by molar-refractivity contribution is -0.141. The molecule has 0 bridgehead atoms. The minimum absolute atomic E-state index is 0.105. The van der Waals surface area contributed by atoms with Crippen LogP contribution in [0.4, 0.5) is 8.78 Å². The molecule has 104 valence electrons. The van der Waals surface area contributed by atoms with Crippen molar-refractivity contribution in [1.82, 2.24) is 9.47 Å². The number of aliphatic carboxylic acids is 1. The number of carbonyl (C=O) groups excluding carboxylic acids is 1. The molecule has 0 aromatic carbocycles.